The Morgan fingerprint density at radius 3 is 2.50 bits per heavy atom. The highest BCUT2D eigenvalue weighted by atomic mass is 32.2. The summed E-state index contributed by atoms with van der Waals surface area (Å²) < 4.78 is 21.3. The molecule has 1 fully saturated rings. The first-order valence-electron chi connectivity index (χ1n) is 5.19. The molecule has 0 radical (unpaired) electrons. The van der Waals surface area contributed by atoms with Crippen LogP contribution in [0.5, 0.6) is 0 Å². The third-order valence-corrected chi connectivity index (χ3v) is 3.57. The van der Waals surface area contributed by atoms with Crippen LogP contribution in [0.1, 0.15) is 32.6 Å². The second kappa shape index (κ2) is 4.59. The van der Waals surface area contributed by atoms with Gasteiger partial charge in [0.1, 0.15) is 0 Å². The Bertz CT molecular complexity index is 271. The van der Waals surface area contributed by atoms with Gasteiger partial charge in [0, 0.05) is 13.1 Å². The lowest BCUT2D eigenvalue weighted by molar-refractivity contribution is 0.427. The van der Waals surface area contributed by atoms with E-state index in [9.17, 15) is 8.42 Å². The van der Waals surface area contributed by atoms with Crippen LogP contribution in [0.4, 0.5) is 0 Å². The molecule has 4 nitrogen and oxygen atoms in total. The summed E-state index contributed by atoms with van der Waals surface area (Å²) >= 11 is 0. The molecule has 0 aliphatic heterocycles. The van der Waals surface area contributed by atoms with E-state index in [4.69, 9.17) is 5.14 Å². The van der Waals surface area contributed by atoms with Crippen molar-refractivity contribution in [1.82, 2.24) is 5.32 Å². The van der Waals surface area contributed by atoms with Gasteiger partial charge in [-0.2, -0.15) is 0 Å². The number of nitrogens with two attached hydrogens (primary N) is 1. The maximum absolute atomic E-state index is 10.6. The van der Waals surface area contributed by atoms with E-state index in [0.29, 0.717) is 12.0 Å². The zero-order valence-corrected chi connectivity index (χ0v) is 9.57. The van der Waals surface area contributed by atoms with Crippen molar-refractivity contribution in [2.45, 2.75) is 32.6 Å². The lowest BCUT2D eigenvalue weighted by Crippen LogP contribution is -2.31. The molecular formula is C9H20N2O2S. The Morgan fingerprint density at radius 2 is 2.07 bits per heavy atom. The highest BCUT2D eigenvalue weighted by Gasteiger charge is 2.40. The molecule has 0 spiro atoms. The minimum atomic E-state index is -3.30. The highest BCUT2D eigenvalue weighted by Crippen LogP contribution is 2.48. The van der Waals surface area contributed by atoms with Crippen LogP contribution in [0, 0.1) is 5.41 Å². The number of hydrogen-bond donors (Lipinski definition) is 2. The van der Waals surface area contributed by atoms with Crippen LogP contribution < -0.4 is 10.5 Å². The van der Waals surface area contributed by atoms with Gasteiger partial charge in [0.15, 0.2) is 0 Å². The van der Waals surface area contributed by atoms with Crippen molar-refractivity contribution in [3.63, 3.8) is 0 Å². The summed E-state index contributed by atoms with van der Waals surface area (Å²) in [5, 5.41) is 8.06. The first-order chi connectivity index (χ1) is 6.47. The minimum absolute atomic E-state index is 0.0369. The van der Waals surface area contributed by atoms with E-state index in [1.807, 2.05) is 0 Å². The summed E-state index contributed by atoms with van der Waals surface area (Å²) in [6, 6.07) is 0. The van der Waals surface area contributed by atoms with E-state index >= 15 is 0 Å². The number of sulfonamides is 1. The van der Waals surface area contributed by atoms with Crippen molar-refractivity contribution < 1.29 is 8.42 Å². The smallest absolute Gasteiger partial charge is 0.210 e. The Balaban J connectivity index is 2.10. The number of hydrogen-bond acceptors (Lipinski definition) is 3. The van der Waals surface area contributed by atoms with Crippen LogP contribution in [0.3, 0.4) is 0 Å². The van der Waals surface area contributed by atoms with Crippen LogP contribution in [0.25, 0.3) is 0 Å². The second-order valence-electron chi connectivity index (χ2n) is 4.29. The third kappa shape index (κ3) is 4.39. The lowest BCUT2D eigenvalue weighted by atomic mass is 10.0. The van der Waals surface area contributed by atoms with Gasteiger partial charge in [-0.05, 0) is 24.7 Å². The monoisotopic (exact) mass is 220 g/mol. The van der Waals surface area contributed by atoms with Crippen LogP contribution in [0.2, 0.25) is 0 Å². The highest BCUT2D eigenvalue weighted by molar-refractivity contribution is 7.89. The van der Waals surface area contributed by atoms with Crippen molar-refractivity contribution >= 4 is 10.0 Å². The van der Waals surface area contributed by atoms with E-state index < -0.39 is 10.0 Å². The Kier molecular flexibility index (Phi) is 3.92. The standard InChI is InChI=1S/C9H20N2O2S/c1-2-3-9(4-5-9)8-11-6-7-14(10,12)13/h11H,2-8H2,1H3,(H2,10,12,13). The Morgan fingerprint density at radius 1 is 1.43 bits per heavy atom. The molecule has 0 bridgehead atoms. The zero-order valence-electron chi connectivity index (χ0n) is 8.75. The maximum atomic E-state index is 10.6. The fourth-order valence-electron chi connectivity index (χ4n) is 1.79. The summed E-state index contributed by atoms with van der Waals surface area (Å²) in [7, 11) is -3.30. The molecule has 0 amide bonds. The van der Waals surface area contributed by atoms with Gasteiger partial charge in [-0.1, -0.05) is 13.3 Å². The molecule has 0 heterocycles. The van der Waals surface area contributed by atoms with Crippen molar-refractivity contribution in [3.8, 4) is 0 Å². The fraction of sp³-hybridized carbons (Fsp3) is 1.00. The molecule has 1 rings (SSSR count). The molecule has 0 unspecified atom stereocenters. The molecular weight excluding hydrogens is 200 g/mol. The summed E-state index contributed by atoms with van der Waals surface area (Å²) in [6.45, 7) is 3.60. The van der Waals surface area contributed by atoms with Crippen LogP contribution in [-0.2, 0) is 10.0 Å². The van der Waals surface area contributed by atoms with Gasteiger partial charge in [0.2, 0.25) is 10.0 Å². The Hall–Kier alpha value is -0.130. The average Bonchev–Trinajstić information content (AvgIpc) is 2.79. The number of primary sulfonamides is 1. The topological polar surface area (TPSA) is 72.2 Å². The van der Waals surface area contributed by atoms with Crippen molar-refractivity contribution in [1.29, 1.82) is 0 Å². The van der Waals surface area contributed by atoms with Gasteiger partial charge < -0.3 is 5.32 Å². The average molecular weight is 220 g/mol. The van der Waals surface area contributed by atoms with Gasteiger partial charge in [-0.3, -0.25) is 0 Å². The van der Waals surface area contributed by atoms with E-state index in [-0.39, 0.29) is 5.75 Å². The summed E-state index contributed by atoms with van der Waals surface area (Å²) in [6.07, 6.45) is 5.01. The zero-order chi connectivity index (χ0) is 10.7. The third-order valence-electron chi connectivity index (χ3n) is 2.80. The molecule has 1 aliphatic carbocycles. The van der Waals surface area contributed by atoms with E-state index in [2.05, 4.69) is 12.2 Å². The molecule has 5 heteroatoms. The molecule has 0 saturated heterocycles. The maximum Gasteiger partial charge on any atom is 0.210 e. The quantitative estimate of drug-likeness (QED) is 0.612. The van der Waals surface area contributed by atoms with Crippen molar-refractivity contribution in [2.24, 2.45) is 10.6 Å². The molecule has 84 valence electrons. The molecule has 1 saturated carbocycles. The van der Waals surface area contributed by atoms with Gasteiger partial charge in [-0.25, -0.2) is 13.6 Å². The second-order valence-corrected chi connectivity index (χ2v) is 6.03. The number of nitrogens with one attached hydrogen (secondary N) is 1. The predicted molar refractivity (Wildman–Crippen MR) is 57.4 cm³/mol. The van der Waals surface area contributed by atoms with Gasteiger partial charge in [-0.15, -0.1) is 0 Å². The Labute approximate surface area is 86.3 Å². The van der Waals surface area contributed by atoms with Crippen LogP contribution in [-0.4, -0.2) is 27.3 Å². The van der Waals surface area contributed by atoms with E-state index in [1.165, 1.54) is 25.7 Å². The predicted octanol–water partition coefficient (Wildman–Crippen LogP) is 0.445. The van der Waals surface area contributed by atoms with Gasteiger partial charge in [0.05, 0.1) is 5.75 Å². The van der Waals surface area contributed by atoms with Crippen molar-refractivity contribution in [3.05, 3.63) is 0 Å². The SMILES string of the molecule is CCCC1(CNCCS(N)(=O)=O)CC1. The molecule has 0 atom stereocenters. The molecule has 0 aromatic rings. The van der Waals surface area contributed by atoms with Crippen LogP contribution >= 0.6 is 0 Å². The molecule has 1 aliphatic rings. The molecule has 0 aromatic heterocycles. The normalized spacial score (nSPS) is 19.6. The minimum Gasteiger partial charge on any atom is -0.315 e. The first kappa shape index (κ1) is 11.9. The summed E-state index contributed by atoms with van der Waals surface area (Å²) in [4.78, 5) is 0. The molecule has 0 aromatic carbocycles. The van der Waals surface area contributed by atoms with Crippen LogP contribution in [0.15, 0.2) is 0 Å². The lowest BCUT2D eigenvalue weighted by Gasteiger charge is -2.14. The van der Waals surface area contributed by atoms with Gasteiger partial charge in [0.25, 0.3) is 0 Å². The van der Waals surface area contributed by atoms with Crippen molar-refractivity contribution in [2.75, 3.05) is 18.8 Å². The largest absolute Gasteiger partial charge is 0.315 e. The van der Waals surface area contributed by atoms with Gasteiger partial charge >= 0.3 is 0 Å². The molecule has 3 N–H and O–H groups in total. The van der Waals surface area contributed by atoms with E-state index in [1.54, 1.807) is 0 Å². The summed E-state index contributed by atoms with van der Waals surface area (Å²) in [5.41, 5.74) is 0.479. The van der Waals surface area contributed by atoms with E-state index in [0.717, 1.165) is 6.54 Å². The number of rotatable bonds is 7. The fourth-order valence-corrected chi connectivity index (χ4v) is 2.22. The summed E-state index contributed by atoms with van der Waals surface area (Å²) in [5.74, 6) is 0.0369. The first-order valence-corrected chi connectivity index (χ1v) is 6.90. The molecule has 14 heavy (non-hydrogen) atoms.